The fourth-order valence-corrected chi connectivity index (χ4v) is 2.69. The summed E-state index contributed by atoms with van der Waals surface area (Å²) in [5.74, 6) is -0.773. The molecule has 0 saturated carbocycles. The topological polar surface area (TPSA) is 96.1 Å². The lowest BCUT2D eigenvalue weighted by Crippen LogP contribution is -2.61. The summed E-state index contributed by atoms with van der Waals surface area (Å²) in [6, 6.07) is 0. The number of aliphatic carboxylic acids is 1. The first kappa shape index (κ1) is 15.2. The quantitative estimate of drug-likeness (QED) is 0.696. The molecule has 0 aliphatic carbocycles. The number of hydrogen-bond donors (Lipinski definition) is 2. The van der Waals surface area contributed by atoms with Crippen molar-refractivity contribution in [2.75, 3.05) is 45.9 Å². The van der Waals surface area contributed by atoms with E-state index in [0.717, 1.165) is 0 Å². The Kier molecular flexibility index (Phi) is 4.95. The van der Waals surface area contributed by atoms with Crippen LogP contribution in [0.2, 0.25) is 0 Å². The maximum Gasteiger partial charge on any atom is 0.304 e. The van der Waals surface area contributed by atoms with Gasteiger partial charge < -0.3 is 20.5 Å². The highest BCUT2D eigenvalue weighted by Gasteiger charge is 2.39. The van der Waals surface area contributed by atoms with Crippen LogP contribution in [0.5, 0.6) is 0 Å². The molecule has 3 N–H and O–H groups in total. The molecule has 7 nitrogen and oxygen atoms in total. The van der Waals surface area contributed by atoms with Gasteiger partial charge >= 0.3 is 5.97 Å². The van der Waals surface area contributed by atoms with E-state index in [-0.39, 0.29) is 12.3 Å². The van der Waals surface area contributed by atoms with Crippen molar-refractivity contribution in [3.8, 4) is 0 Å². The van der Waals surface area contributed by atoms with Gasteiger partial charge in [-0.15, -0.1) is 0 Å². The van der Waals surface area contributed by atoms with Gasteiger partial charge in [-0.25, -0.2) is 0 Å². The van der Waals surface area contributed by atoms with Crippen molar-refractivity contribution < 1.29 is 19.4 Å². The number of nitrogens with zero attached hydrogens (tertiary/aromatic N) is 2. The number of carbonyl (C=O) groups is 2. The van der Waals surface area contributed by atoms with E-state index in [1.165, 1.54) is 0 Å². The van der Waals surface area contributed by atoms with Crippen LogP contribution in [0.15, 0.2) is 0 Å². The molecular formula is C13H23N3O4. The average Bonchev–Trinajstić information content (AvgIpc) is 2.45. The van der Waals surface area contributed by atoms with E-state index in [1.54, 1.807) is 0 Å². The standard InChI is InChI=1S/C13H23N3O4/c14-13(2-9-20-10-3-13)12(19)16-7-5-15(6-8-16)4-1-11(17)18/h1-10,14H2,(H,17,18). The molecule has 0 aromatic carbocycles. The molecule has 0 bridgehead atoms. The van der Waals surface area contributed by atoms with Gasteiger partial charge in [0.15, 0.2) is 0 Å². The Morgan fingerprint density at radius 2 is 1.75 bits per heavy atom. The molecule has 2 fully saturated rings. The Labute approximate surface area is 118 Å². The van der Waals surface area contributed by atoms with Gasteiger partial charge in [-0.2, -0.15) is 0 Å². The van der Waals surface area contributed by atoms with E-state index < -0.39 is 11.5 Å². The zero-order valence-corrected chi connectivity index (χ0v) is 11.7. The van der Waals surface area contributed by atoms with E-state index >= 15 is 0 Å². The highest BCUT2D eigenvalue weighted by molar-refractivity contribution is 5.86. The van der Waals surface area contributed by atoms with E-state index in [1.807, 2.05) is 4.90 Å². The van der Waals surface area contributed by atoms with Crippen LogP contribution in [-0.4, -0.2) is 78.3 Å². The van der Waals surface area contributed by atoms with Crippen LogP contribution in [-0.2, 0) is 14.3 Å². The number of piperazine rings is 1. The van der Waals surface area contributed by atoms with Gasteiger partial charge in [-0.3, -0.25) is 14.5 Å². The summed E-state index contributed by atoms with van der Waals surface area (Å²) >= 11 is 0. The molecule has 0 radical (unpaired) electrons. The summed E-state index contributed by atoms with van der Waals surface area (Å²) in [6.45, 7) is 4.30. The van der Waals surface area contributed by atoms with Gasteiger partial charge in [0.25, 0.3) is 0 Å². The van der Waals surface area contributed by atoms with Crippen LogP contribution in [0.25, 0.3) is 0 Å². The number of rotatable bonds is 4. The fraction of sp³-hybridized carbons (Fsp3) is 0.846. The summed E-state index contributed by atoms with van der Waals surface area (Å²) in [7, 11) is 0. The molecule has 0 aromatic heterocycles. The molecule has 0 unspecified atom stereocenters. The molecule has 0 spiro atoms. The lowest BCUT2D eigenvalue weighted by molar-refractivity contribution is -0.143. The monoisotopic (exact) mass is 285 g/mol. The molecule has 0 atom stereocenters. The zero-order chi connectivity index (χ0) is 14.6. The Morgan fingerprint density at radius 1 is 1.15 bits per heavy atom. The Hall–Kier alpha value is -1.18. The molecule has 2 saturated heterocycles. The van der Waals surface area contributed by atoms with Crippen LogP contribution >= 0.6 is 0 Å². The van der Waals surface area contributed by atoms with Crippen LogP contribution < -0.4 is 5.73 Å². The second-order valence-electron chi connectivity index (χ2n) is 5.55. The first-order chi connectivity index (χ1) is 9.51. The number of carbonyl (C=O) groups excluding carboxylic acids is 1. The summed E-state index contributed by atoms with van der Waals surface area (Å²) in [5, 5.41) is 8.67. The Balaban J connectivity index is 1.81. The number of carboxylic acids is 1. The van der Waals surface area contributed by atoms with Gasteiger partial charge in [-0.05, 0) is 12.8 Å². The van der Waals surface area contributed by atoms with E-state index in [0.29, 0.717) is 58.8 Å². The minimum atomic E-state index is -0.786. The zero-order valence-electron chi connectivity index (χ0n) is 11.7. The van der Waals surface area contributed by atoms with Crippen molar-refractivity contribution in [3.05, 3.63) is 0 Å². The predicted octanol–water partition coefficient (Wildman–Crippen LogP) is -0.887. The highest BCUT2D eigenvalue weighted by Crippen LogP contribution is 2.21. The maximum absolute atomic E-state index is 12.5. The largest absolute Gasteiger partial charge is 0.481 e. The van der Waals surface area contributed by atoms with Crippen LogP contribution in [0.1, 0.15) is 19.3 Å². The smallest absolute Gasteiger partial charge is 0.304 e. The number of nitrogens with two attached hydrogens (primary N) is 1. The third-order valence-electron chi connectivity index (χ3n) is 4.11. The minimum Gasteiger partial charge on any atom is -0.481 e. The molecule has 2 heterocycles. The average molecular weight is 285 g/mol. The lowest BCUT2D eigenvalue weighted by Gasteiger charge is -2.40. The van der Waals surface area contributed by atoms with Crippen molar-refractivity contribution in [2.24, 2.45) is 5.73 Å². The normalized spacial score (nSPS) is 23.6. The van der Waals surface area contributed by atoms with Gasteiger partial charge in [0.2, 0.25) is 5.91 Å². The number of amides is 1. The van der Waals surface area contributed by atoms with Gasteiger partial charge in [0.1, 0.15) is 0 Å². The third kappa shape index (κ3) is 3.68. The van der Waals surface area contributed by atoms with Crippen LogP contribution in [0.3, 0.4) is 0 Å². The summed E-state index contributed by atoms with van der Waals surface area (Å²) in [6.07, 6.45) is 1.29. The summed E-state index contributed by atoms with van der Waals surface area (Å²) < 4.78 is 5.26. The summed E-state index contributed by atoms with van der Waals surface area (Å²) in [5.41, 5.74) is 5.43. The van der Waals surface area contributed by atoms with Crippen LogP contribution in [0.4, 0.5) is 0 Å². The number of hydrogen-bond acceptors (Lipinski definition) is 5. The SMILES string of the molecule is NC1(C(=O)N2CCN(CCC(=O)O)CC2)CCOCC1. The predicted molar refractivity (Wildman–Crippen MR) is 72.2 cm³/mol. The Bertz CT molecular complexity index is 361. The molecule has 1 amide bonds. The van der Waals surface area contributed by atoms with E-state index in [2.05, 4.69) is 4.90 Å². The molecule has 20 heavy (non-hydrogen) atoms. The molecule has 2 aliphatic rings. The van der Waals surface area contributed by atoms with Crippen molar-refractivity contribution in [1.82, 2.24) is 9.80 Å². The number of carboxylic acid groups (broad SMARTS) is 1. The highest BCUT2D eigenvalue weighted by atomic mass is 16.5. The van der Waals surface area contributed by atoms with Gasteiger partial charge in [-0.1, -0.05) is 0 Å². The van der Waals surface area contributed by atoms with Gasteiger partial charge in [0, 0.05) is 45.9 Å². The third-order valence-corrected chi connectivity index (χ3v) is 4.11. The lowest BCUT2D eigenvalue weighted by atomic mass is 9.89. The second-order valence-corrected chi connectivity index (χ2v) is 5.55. The summed E-state index contributed by atoms with van der Waals surface area (Å²) in [4.78, 5) is 26.9. The Morgan fingerprint density at radius 3 is 2.30 bits per heavy atom. The molecule has 7 heteroatoms. The van der Waals surface area contributed by atoms with Crippen molar-refractivity contribution >= 4 is 11.9 Å². The van der Waals surface area contributed by atoms with E-state index in [9.17, 15) is 9.59 Å². The first-order valence-corrected chi connectivity index (χ1v) is 7.11. The van der Waals surface area contributed by atoms with E-state index in [4.69, 9.17) is 15.6 Å². The molecule has 114 valence electrons. The minimum absolute atomic E-state index is 0.0127. The first-order valence-electron chi connectivity index (χ1n) is 7.11. The molecular weight excluding hydrogens is 262 g/mol. The van der Waals surface area contributed by atoms with Gasteiger partial charge in [0.05, 0.1) is 12.0 Å². The fourth-order valence-electron chi connectivity index (χ4n) is 2.69. The van der Waals surface area contributed by atoms with Crippen molar-refractivity contribution in [2.45, 2.75) is 24.8 Å². The number of ether oxygens (including phenoxy) is 1. The maximum atomic E-state index is 12.5. The molecule has 0 aromatic rings. The van der Waals surface area contributed by atoms with Crippen molar-refractivity contribution in [3.63, 3.8) is 0 Å². The van der Waals surface area contributed by atoms with Crippen molar-refractivity contribution in [1.29, 1.82) is 0 Å². The molecule has 2 rings (SSSR count). The van der Waals surface area contributed by atoms with Crippen LogP contribution in [0, 0.1) is 0 Å². The molecule has 2 aliphatic heterocycles. The second kappa shape index (κ2) is 6.51.